The van der Waals surface area contributed by atoms with Crippen molar-refractivity contribution in [2.75, 3.05) is 0 Å². The number of halogens is 1. The van der Waals surface area contributed by atoms with Gasteiger partial charge in [-0.15, -0.1) is 0 Å². The number of hydrogen-bond acceptors (Lipinski definition) is 5. The van der Waals surface area contributed by atoms with Crippen LogP contribution in [0.25, 0.3) is 0 Å². The number of hydrazine groups is 1. The highest BCUT2D eigenvalue weighted by molar-refractivity contribution is 9.10. The van der Waals surface area contributed by atoms with Gasteiger partial charge in [-0.05, 0) is 11.6 Å². The number of hydrogen-bond donors (Lipinski definition) is 3. The monoisotopic (exact) mass is 347 g/mol. The van der Waals surface area contributed by atoms with Crippen LogP contribution in [0.1, 0.15) is 28.5 Å². The van der Waals surface area contributed by atoms with Crippen LogP contribution in [0.3, 0.4) is 0 Å². The van der Waals surface area contributed by atoms with Gasteiger partial charge in [0.2, 0.25) is 0 Å². The van der Waals surface area contributed by atoms with Gasteiger partial charge in [-0.25, -0.2) is 15.8 Å². The van der Waals surface area contributed by atoms with E-state index in [0.29, 0.717) is 5.69 Å². The molecule has 1 aromatic carbocycles. The molecule has 3 N–H and O–H groups in total. The summed E-state index contributed by atoms with van der Waals surface area (Å²) in [7, 11) is 0. The summed E-state index contributed by atoms with van der Waals surface area (Å²) >= 11 is 3.54. The summed E-state index contributed by atoms with van der Waals surface area (Å²) in [4.78, 5) is 19.9. The van der Waals surface area contributed by atoms with E-state index in [2.05, 4.69) is 48.1 Å². The molecular weight excluding hydrogens is 334 g/mol. The summed E-state index contributed by atoms with van der Waals surface area (Å²) in [6, 6.07) is 8.16. The minimum absolute atomic E-state index is 0.132. The largest absolute Gasteiger partial charge is 0.334 e. The van der Waals surface area contributed by atoms with Crippen LogP contribution in [0.4, 0.5) is 0 Å². The van der Waals surface area contributed by atoms with Gasteiger partial charge in [0.05, 0.1) is 18.4 Å². The van der Waals surface area contributed by atoms with E-state index in [-0.39, 0.29) is 18.1 Å². The van der Waals surface area contributed by atoms with Crippen molar-refractivity contribution in [2.24, 2.45) is 0 Å². The Hall–Kier alpha value is -1.83. The predicted molar refractivity (Wildman–Crippen MR) is 81.1 cm³/mol. The molecule has 6 nitrogen and oxygen atoms in total. The molecule has 0 radical (unpaired) electrons. The molecule has 7 heteroatoms. The van der Waals surface area contributed by atoms with Gasteiger partial charge in [0.15, 0.2) is 0 Å². The van der Waals surface area contributed by atoms with E-state index in [0.717, 1.165) is 16.5 Å². The number of benzene rings is 1. The number of carbonyl (C=O) groups excluding carboxylic acids is 1. The molecule has 2 atom stereocenters. The van der Waals surface area contributed by atoms with Crippen molar-refractivity contribution in [3.63, 3.8) is 0 Å². The second-order valence-corrected chi connectivity index (χ2v) is 5.57. The van der Waals surface area contributed by atoms with Crippen molar-refractivity contribution < 1.29 is 4.79 Å². The zero-order valence-electron chi connectivity index (χ0n) is 11.1. The maximum absolute atomic E-state index is 12.0. The molecule has 1 amide bonds. The highest BCUT2D eigenvalue weighted by atomic mass is 79.9. The normalized spacial score (nSPS) is 21.2. The molecule has 2 heterocycles. The molecule has 1 aliphatic heterocycles. The van der Waals surface area contributed by atoms with Crippen molar-refractivity contribution in [1.29, 1.82) is 0 Å². The molecule has 0 spiro atoms. The third kappa shape index (κ3) is 3.26. The average molecular weight is 348 g/mol. The van der Waals surface area contributed by atoms with Crippen LogP contribution in [0, 0.1) is 0 Å². The molecule has 0 bridgehead atoms. The van der Waals surface area contributed by atoms with Gasteiger partial charge < -0.3 is 5.32 Å². The molecule has 1 aromatic heterocycles. The van der Waals surface area contributed by atoms with Crippen LogP contribution >= 0.6 is 15.9 Å². The van der Waals surface area contributed by atoms with Crippen molar-refractivity contribution in [1.82, 2.24) is 26.1 Å². The number of nitrogens with one attached hydrogen (secondary N) is 3. The number of rotatable bonds is 3. The maximum atomic E-state index is 12.0. The Bertz CT molecular complexity index is 636. The topological polar surface area (TPSA) is 78.9 Å². The zero-order chi connectivity index (χ0) is 14.7. The lowest BCUT2D eigenvalue weighted by atomic mass is 10.0. The maximum Gasteiger partial charge on any atom is 0.272 e. The highest BCUT2D eigenvalue weighted by Gasteiger charge is 2.27. The fourth-order valence-electron chi connectivity index (χ4n) is 2.26. The van der Waals surface area contributed by atoms with Crippen LogP contribution in [0.5, 0.6) is 0 Å². The molecule has 3 rings (SSSR count). The van der Waals surface area contributed by atoms with Crippen LogP contribution in [0.15, 0.2) is 47.3 Å². The Morgan fingerprint density at radius 3 is 2.90 bits per heavy atom. The van der Waals surface area contributed by atoms with Gasteiger partial charge in [-0.3, -0.25) is 9.78 Å². The first kappa shape index (κ1) is 14.1. The summed E-state index contributed by atoms with van der Waals surface area (Å²) in [5, 5.41) is 2.88. The van der Waals surface area contributed by atoms with Crippen molar-refractivity contribution >= 4 is 21.8 Å². The van der Waals surface area contributed by atoms with Crippen molar-refractivity contribution in [3.05, 3.63) is 58.6 Å². The molecule has 0 saturated carbocycles. The van der Waals surface area contributed by atoms with Crippen LogP contribution in [0.2, 0.25) is 0 Å². The minimum Gasteiger partial charge on any atom is -0.334 e. The van der Waals surface area contributed by atoms with Crippen molar-refractivity contribution in [3.8, 4) is 0 Å². The Labute approximate surface area is 130 Å². The van der Waals surface area contributed by atoms with Crippen LogP contribution < -0.4 is 16.2 Å². The Morgan fingerprint density at radius 2 is 2.14 bits per heavy atom. The average Bonchev–Trinajstić information content (AvgIpc) is 2.97. The van der Waals surface area contributed by atoms with Gasteiger partial charge in [0.1, 0.15) is 5.69 Å². The predicted octanol–water partition coefficient (Wildman–Crippen LogP) is 1.53. The van der Waals surface area contributed by atoms with E-state index in [4.69, 9.17) is 0 Å². The van der Waals surface area contributed by atoms with E-state index in [1.165, 1.54) is 18.6 Å². The molecule has 1 fully saturated rings. The lowest BCUT2D eigenvalue weighted by Crippen LogP contribution is -2.44. The standard InChI is InChI=1S/C14H14BrN5O/c15-10-4-2-1-3-9(10)11-7-13(20-19-11)18-14(21)12-8-16-5-6-17-12/h1-6,8,11,13,19-20H,7H2,(H,18,21). The van der Waals surface area contributed by atoms with E-state index < -0.39 is 0 Å². The molecule has 108 valence electrons. The summed E-state index contributed by atoms with van der Waals surface area (Å²) in [6.07, 6.45) is 5.07. The number of carbonyl (C=O) groups is 1. The zero-order valence-corrected chi connectivity index (χ0v) is 12.7. The van der Waals surface area contributed by atoms with Gasteiger partial charge in [0.25, 0.3) is 5.91 Å². The number of amides is 1. The van der Waals surface area contributed by atoms with Crippen molar-refractivity contribution in [2.45, 2.75) is 18.6 Å². The fraction of sp³-hybridized carbons (Fsp3) is 0.214. The molecule has 0 aliphatic carbocycles. The van der Waals surface area contributed by atoms with E-state index in [1.807, 2.05) is 18.2 Å². The molecule has 2 aromatic rings. The Balaban J connectivity index is 1.63. The third-order valence-electron chi connectivity index (χ3n) is 3.28. The van der Waals surface area contributed by atoms with Crippen LogP contribution in [-0.2, 0) is 0 Å². The van der Waals surface area contributed by atoms with Crippen LogP contribution in [-0.4, -0.2) is 22.0 Å². The number of nitrogens with zero attached hydrogens (tertiary/aromatic N) is 2. The molecular formula is C14H14BrN5O. The molecule has 1 saturated heterocycles. The Kier molecular flexibility index (Phi) is 4.23. The second kappa shape index (κ2) is 6.30. The third-order valence-corrected chi connectivity index (χ3v) is 4.01. The SMILES string of the molecule is O=C(NC1CC(c2ccccc2Br)NN1)c1cnccn1. The lowest BCUT2D eigenvalue weighted by molar-refractivity contribution is 0.0927. The molecule has 1 aliphatic rings. The summed E-state index contributed by atoms with van der Waals surface area (Å²) < 4.78 is 1.05. The number of aromatic nitrogens is 2. The molecule has 2 unspecified atom stereocenters. The first-order valence-electron chi connectivity index (χ1n) is 6.56. The van der Waals surface area contributed by atoms with Gasteiger partial charge in [-0.2, -0.15) is 0 Å². The van der Waals surface area contributed by atoms with E-state index in [9.17, 15) is 4.79 Å². The lowest BCUT2D eigenvalue weighted by Gasteiger charge is -2.12. The van der Waals surface area contributed by atoms with Gasteiger partial charge in [0, 0.05) is 23.3 Å². The second-order valence-electron chi connectivity index (χ2n) is 4.72. The summed E-state index contributed by atoms with van der Waals surface area (Å²) in [5.74, 6) is -0.241. The fourth-order valence-corrected chi connectivity index (χ4v) is 2.82. The minimum atomic E-state index is -0.241. The smallest absolute Gasteiger partial charge is 0.272 e. The summed E-state index contributed by atoms with van der Waals surface area (Å²) in [5.41, 5.74) is 7.73. The van der Waals surface area contributed by atoms with E-state index >= 15 is 0 Å². The highest BCUT2D eigenvalue weighted by Crippen LogP contribution is 2.27. The summed E-state index contributed by atoms with van der Waals surface area (Å²) in [6.45, 7) is 0. The first-order valence-corrected chi connectivity index (χ1v) is 7.35. The molecule has 21 heavy (non-hydrogen) atoms. The van der Waals surface area contributed by atoms with Gasteiger partial charge in [-0.1, -0.05) is 34.1 Å². The van der Waals surface area contributed by atoms with E-state index in [1.54, 1.807) is 0 Å². The Morgan fingerprint density at radius 1 is 1.29 bits per heavy atom. The van der Waals surface area contributed by atoms with Gasteiger partial charge >= 0.3 is 0 Å². The quantitative estimate of drug-likeness (QED) is 0.784. The first-order chi connectivity index (χ1) is 10.2.